The number of para-hydroxylation sites is 1. The van der Waals surface area contributed by atoms with E-state index >= 15 is 0 Å². The molecule has 1 aromatic heterocycles. The summed E-state index contributed by atoms with van der Waals surface area (Å²) in [7, 11) is -1.50. The molecule has 17 heavy (non-hydrogen) atoms. The van der Waals surface area contributed by atoms with E-state index in [-0.39, 0.29) is 0 Å². The van der Waals surface area contributed by atoms with Crippen LogP contribution in [0.5, 0.6) is 0 Å². The van der Waals surface area contributed by atoms with Crippen molar-refractivity contribution < 1.29 is 0 Å². The number of benzene rings is 1. The van der Waals surface area contributed by atoms with Gasteiger partial charge in [0.05, 0.1) is 0 Å². The average molecular weight is 242 g/mol. The Kier molecular flexibility index (Phi) is 3.29. The van der Waals surface area contributed by atoms with E-state index in [0.29, 0.717) is 0 Å². The average Bonchev–Trinajstić information content (AvgIpc) is 2.30. The van der Waals surface area contributed by atoms with Gasteiger partial charge >= 0.3 is 0 Å². The summed E-state index contributed by atoms with van der Waals surface area (Å²) >= 11 is 0. The maximum Gasteiger partial charge on any atom is 0.155 e. The number of pyridine rings is 1. The number of anilines is 2. The molecule has 0 atom stereocenters. The van der Waals surface area contributed by atoms with Crippen LogP contribution in [0.15, 0.2) is 54.7 Å². The van der Waals surface area contributed by atoms with Gasteiger partial charge < -0.3 is 4.57 Å². The van der Waals surface area contributed by atoms with Crippen molar-refractivity contribution in [2.75, 3.05) is 4.57 Å². The third-order valence-electron chi connectivity index (χ3n) is 2.56. The highest BCUT2D eigenvalue weighted by Crippen LogP contribution is 2.29. The quantitative estimate of drug-likeness (QED) is 0.755. The van der Waals surface area contributed by atoms with Gasteiger partial charge in [-0.15, -0.1) is 0 Å². The molecule has 0 fully saturated rings. The zero-order chi connectivity index (χ0) is 12.3. The van der Waals surface area contributed by atoms with Crippen molar-refractivity contribution >= 4 is 19.7 Å². The van der Waals surface area contributed by atoms with Crippen LogP contribution >= 0.6 is 0 Å². The maximum atomic E-state index is 4.48. The second-order valence-corrected chi connectivity index (χ2v) is 9.82. The van der Waals surface area contributed by atoms with Crippen LogP contribution in [0.1, 0.15) is 0 Å². The lowest BCUT2D eigenvalue weighted by Crippen LogP contribution is -2.43. The van der Waals surface area contributed by atoms with E-state index in [0.717, 1.165) is 5.82 Å². The molecule has 0 saturated carbocycles. The van der Waals surface area contributed by atoms with Crippen LogP contribution in [0.4, 0.5) is 11.5 Å². The Labute approximate surface area is 104 Å². The van der Waals surface area contributed by atoms with Gasteiger partial charge in [-0.1, -0.05) is 43.9 Å². The molecule has 0 aliphatic heterocycles. The molecule has 0 aliphatic carbocycles. The molecule has 2 aromatic rings. The predicted molar refractivity (Wildman–Crippen MR) is 76.2 cm³/mol. The van der Waals surface area contributed by atoms with Crippen molar-refractivity contribution in [3.05, 3.63) is 54.7 Å². The zero-order valence-electron chi connectivity index (χ0n) is 10.6. The zero-order valence-corrected chi connectivity index (χ0v) is 11.6. The summed E-state index contributed by atoms with van der Waals surface area (Å²) in [5.74, 6) is 1.04. The molecule has 0 N–H and O–H groups in total. The Morgan fingerprint density at radius 3 is 2.06 bits per heavy atom. The third-order valence-corrected chi connectivity index (χ3v) is 4.39. The van der Waals surface area contributed by atoms with Gasteiger partial charge in [-0.2, -0.15) is 0 Å². The predicted octanol–water partition coefficient (Wildman–Crippen LogP) is 4.05. The minimum Gasteiger partial charge on any atom is -0.355 e. The minimum atomic E-state index is -1.50. The molecule has 0 radical (unpaired) electrons. The number of aromatic nitrogens is 1. The van der Waals surface area contributed by atoms with E-state index in [1.165, 1.54) is 5.69 Å². The Bertz CT molecular complexity index is 423. The molecule has 0 saturated heterocycles. The van der Waals surface area contributed by atoms with Crippen molar-refractivity contribution in [2.45, 2.75) is 19.6 Å². The first-order valence-corrected chi connectivity index (χ1v) is 9.30. The fourth-order valence-corrected chi connectivity index (χ4v) is 3.67. The molecule has 0 unspecified atom stereocenters. The Balaban J connectivity index is 2.48. The first kappa shape index (κ1) is 11.9. The molecule has 0 spiro atoms. The van der Waals surface area contributed by atoms with Crippen LogP contribution in [0, 0.1) is 0 Å². The first-order chi connectivity index (χ1) is 8.09. The summed E-state index contributed by atoms with van der Waals surface area (Å²) < 4.78 is 2.38. The summed E-state index contributed by atoms with van der Waals surface area (Å²) in [4.78, 5) is 4.48. The molecule has 0 bridgehead atoms. The molecule has 2 nitrogen and oxygen atoms in total. The largest absolute Gasteiger partial charge is 0.355 e. The summed E-state index contributed by atoms with van der Waals surface area (Å²) in [5, 5.41) is 0. The summed E-state index contributed by atoms with van der Waals surface area (Å²) in [5.41, 5.74) is 1.23. The lowest BCUT2D eigenvalue weighted by Gasteiger charge is -2.35. The summed E-state index contributed by atoms with van der Waals surface area (Å²) in [6.07, 6.45) is 1.85. The monoisotopic (exact) mass is 242 g/mol. The van der Waals surface area contributed by atoms with E-state index in [4.69, 9.17) is 0 Å². The smallest absolute Gasteiger partial charge is 0.155 e. The second kappa shape index (κ2) is 4.71. The Hall–Kier alpha value is -1.61. The highest BCUT2D eigenvalue weighted by molar-refractivity contribution is 6.81. The van der Waals surface area contributed by atoms with E-state index in [1.54, 1.807) is 0 Å². The molecule has 3 heteroatoms. The van der Waals surface area contributed by atoms with Gasteiger partial charge in [0.25, 0.3) is 0 Å². The third kappa shape index (κ3) is 2.74. The van der Waals surface area contributed by atoms with Gasteiger partial charge in [0.15, 0.2) is 8.24 Å². The van der Waals surface area contributed by atoms with Gasteiger partial charge in [0.2, 0.25) is 0 Å². The number of rotatable bonds is 3. The van der Waals surface area contributed by atoms with Crippen LogP contribution in [0.2, 0.25) is 19.6 Å². The normalized spacial score (nSPS) is 11.2. The standard InChI is InChI=1S/C14H18N2Si/c1-17(2,3)16(13-9-5-4-6-10-13)14-11-7-8-12-15-14/h4-12H,1-3H3. The lowest BCUT2D eigenvalue weighted by atomic mass is 10.3. The first-order valence-electron chi connectivity index (χ1n) is 5.85. The number of nitrogens with zero attached hydrogens (tertiary/aromatic N) is 2. The van der Waals surface area contributed by atoms with Crippen molar-refractivity contribution in [3.63, 3.8) is 0 Å². The minimum absolute atomic E-state index is 1.04. The van der Waals surface area contributed by atoms with Gasteiger partial charge in [-0.3, -0.25) is 0 Å². The lowest BCUT2D eigenvalue weighted by molar-refractivity contribution is 1.20. The van der Waals surface area contributed by atoms with E-state index in [2.05, 4.69) is 59.5 Å². The molecular weight excluding hydrogens is 224 g/mol. The number of hydrogen-bond acceptors (Lipinski definition) is 2. The SMILES string of the molecule is C[Si](C)(C)N(c1ccccc1)c1ccccn1. The van der Waals surface area contributed by atoms with Gasteiger partial charge in [-0.05, 0) is 24.3 Å². The van der Waals surface area contributed by atoms with E-state index in [9.17, 15) is 0 Å². The summed E-state index contributed by atoms with van der Waals surface area (Å²) in [6, 6.07) is 16.6. The molecular formula is C14H18N2Si. The molecule has 88 valence electrons. The van der Waals surface area contributed by atoms with Crippen molar-refractivity contribution in [1.29, 1.82) is 0 Å². The van der Waals surface area contributed by atoms with Gasteiger partial charge in [-0.25, -0.2) is 4.98 Å². The van der Waals surface area contributed by atoms with Crippen molar-refractivity contribution in [2.24, 2.45) is 0 Å². The van der Waals surface area contributed by atoms with Crippen molar-refractivity contribution in [3.8, 4) is 0 Å². The van der Waals surface area contributed by atoms with Crippen LogP contribution in [0.25, 0.3) is 0 Å². The van der Waals surface area contributed by atoms with Crippen LogP contribution < -0.4 is 4.57 Å². The molecule has 1 heterocycles. The molecule has 2 rings (SSSR count). The molecule has 0 aliphatic rings. The fraction of sp³-hybridized carbons (Fsp3) is 0.214. The number of hydrogen-bond donors (Lipinski definition) is 0. The highest BCUT2D eigenvalue weighted by Gasteiger charge is 2.26. The van der Waals surface area contributed by atoms with Crippen LogP contribution in [0.3, 0.4) is 0 Å². The molecule has 0 amide bonds. The Morgan fingerprint density at radius 2 is 1.53 bits per heavy atom. The van der Waals surface area contributed by atoms with Gasteiger partial charge in [0, 0.05) is 11.9 Å². The topological polar surface area (TPSA) is 16.1 Å². The van der Waals surface area contributed by atoms with Crippen LogP contribution in [-0.4, -0.2) is 13.2 Å². The Morgan fingerprint density at radius 1 is 0.882 bits per heavy atom. The van der Waals surface area contributed by atoms with Crippen molar-refractivity contribution in [1.82, 2.24) is 4.98 Å². The molecule has 1 aromatic carbocycles. The second-order valence-electron chi connectivity index (χ2n) is 5.03. The van der Waals surface area contributed by atoms with Crippen LogP contribution in [-0.2, 0) is 0 Å². The highest BCUT2D eigenvalue weighted by atomic mass is 28.3. The van der Waals surface area contributed by atoms with Gasteiger partial charge in [0.1, 0.15) is 5.82 Å². The van der Waals surface area contributed by atoms with E-state index < -0.39 is 8.24 Å². The summed E-state index contributed by atoms with van der Waals surface area (Å²) in [6.45, 7) is 6.98. The maximum absolute atomic E-state index is 4.48. The van der Waals surface area contributed by atoms with E-state index in [1.807, 2.05) is 24.4 Å². The fourth-order valence-electron chi connectivity index (χ4n) is 1.93.